The SMILES string of the molecule is CCOc1cc(NCc2scnc2C)ccc1[N+](=O)[O-]. The van der Waals surface area contributed by atoms with Gasteiger partial charge in [0.2, 0.25) is 0 Å². The molecular weight excluding hydrogens is 278 g/mol. The van der Waals surface area contributed by atoms with E-state index in [9.17, 15) is 10.1 Å². The summed E-state index contributed by atoms with van der Waals surface area (Å²) in [7, 11) is 0. The van der Waals surface area contributed by atoms with E-state index in [-0.39, 0.29) is 11.4 Å². The molecule has 0 aliphatic heterocycles. The first-order valence-corrected chi connectivity index (χ1v) is 7.04. The molecule has 1 N–H and O–H groups in total. The molecule has 0 aliphatic carbocycles. The van der Waals surface area contributed by atoms with Crippen molar-refractivity contribution in [2.75, 3.05) is 11.9 Å². The molecule has 0 aliphatic rings. The molecule has 106 valence electrons. The van der Waals surface area contributed by atoms with Gasteiger partial charge in [0.05, 0.1) is 29.3 Å². The first kappa shape index (κ1) is 14.3. The van der Waals surface area contributed by atoms with Crippen LogP contribution in [0.25, 0.3) is 0 Å². The Bertz CT molecular complexity index is 613. The maximum absolute atomic E-state index is 10.9. The Morgan fingerprint density at radius 3 is 2.90 bits per heavy atom. The van der Waals surface area contributed by atoms with Crippen molar-refractivity contribution in [2.45, 2.75) is 20.4 Å². The molecular formula is C13H15N3O3S. The summed E-state index contributed by atoms with van der Waals surface area (Å²) in [5, 5.41) is 14.1. The van der Waals surface area contributed by atoms with E-state index in [0.717, 1.165) is 16.3 Å². The van der Waals surface area contributed by atoms with Crippen molar-refractivity contribution in [2.24, 2.45) is 0 Å². The second-order valence-electron chi connectivity index (χ2n) is 4.09. The maximum Gasteiger partial charge on any atom is 0.311 e. The molecule has 0 unspecified atom stereocenters. The predicted molar refractivity (Wildman–Crippen MR) is 78.4 cm³/mol. The van der Waals surface area contributed by atoms with Crippen LogP contribution in [-0.2, 0) is 6.54 Å². The monoisotopic (exact) mass is 293 g/mol. The van der Waals surface area contributed by atoms with Crippen molar-refractivity contribution in [1.29, 1.82) is 0 Å². The van der Waals surface area contributed by atoms with Crippen LogP contribution >= 0.6 is 11.3 Å². The number of aryl methyl sites for hydroxylation is 1. The van der Waals surface area contributed by atoms with Crippen molar-refractivity contribution < 1.29 is 9.66 Å². The van der Waals surface area contributed by atoms with Gasteiger partial charge >= 0.3 is 5.69 Å². The summed E-state index contributed by atoms with van der Waals surface area (Å²) in [5.74, 6) is 0.281. The molecule has 0 bridgehead atoms. The first-order valence-electron chi connectivity index (χ1n) is 6.16. The number of hydrogen-bond acceptors (Lipinski definition) is 6. The molecule has 1 aromatic heterocycles. The summed E-state index contributed by atoms with van der Waals surface area (Å²) in [6, 6.07) is 4.78. The average Bonchev–Trinajstić information content (AvgIpc) is 2.82. The Morgan fingerprint density at radius 1 is 1.50 bits per heavy atom. The number of nitro benzene ring substituents is 1. The highest BCUT2D eigenvalue weighted by Crippen LogP contribution is 2.30. The predicted octanol–water partition coefficient (Wildman–Crippen LogP) is 3.37. The van der Waals surface area contributed by atoms with E-state index in [1.807, 2.05) is 6.92 Å². The van der Waals surface area contributed by atoms with Crippen molar-refractivity contribution in [1.82, 2.24) is 4.98 Å². The lowest BCUT2D eigenvalue weighted by molar-refractivity contribution is -0.385. The van der Waals surface area contributed by atoms with E-state index in [1.54, 1.807) is 35.9 Å². The lowest BCUT2D eigenvalue weighted by Crippen LogP contribution is -2.02. The van der Waals surface area contributed by atoms with Gasteiger partial charge in [-0.15, -0.1) is 11.3 Å². The fraction of sp³-hybridized carbons (Fsp3) is 0.308. The molecule has 20 heavy (non-hydrogen) atoms. The summed E-state index contributed by atoms with van der Waals surface area (Å²) < 4.78 is 5.31. The fourth-order valence-electron chi connectivity index (χ4n) is 1.72. The number of aromatic nitrogens is 1. The Labute approximate surface area is 120 Å². The molecule has 0 saturated carbocycles. The van der Waals surface area contributed by atoms with Gasteiger partial charge in [-0.05, 0) is 19.9 Å². The Kier molecular flexibility index (Phi) is 4.52. The molecule has 0 fully saturated rings. The number of nitrogens with one attached hydrogen (secondary N) is 1. The van der Waals surface area contributed by atoms with Crippen LogP contribution in [0.3, 0.4) is 0 Å². The molecule has 6 nitrogen and oxygen atoms in total. The third kappa shape index (κ3) is 3.24. The van der Waals surface area contributed by atoms with Crippen LogP contribution in [0.4, 0.5) is 11.4 Å². The van der Waals surface area contributed by atoms with Gasteiger partial charge in [-0.3, -0.25) is 10.1 Å². The fourth-order valence-corrected chi connectivity index (χ4v) is 2.44. The van der Waals surface area contributed by atoms with Gasteiger partial charge in [0, 0.05) is 22.7 Å². The van der Waals surface area contributed by atoms with Crippen LogP contribution in [0.2, 0.25) is 0 Å². The minimum atomic E-state index is -0.442. The highest BCUT2D eigenvalue weighted by Gasteiger charge is 2.15. The quantitative estimate of drug-likeness (QED) is 0.652. The zero-order valence-corrected chi connectivity index (χ0v) is 12.1. The molecule has 0 radical (unpaired) electrons. The minimum absolute atomic E-state index is 0.0219. The van der Waals surface area contributed by atoms with Gasteiger partial charge < -0.3 is 10.1 Å². The molecule has 0 atom stereocenters. The van der Waals surface area contributed by atoms with Crippen LogP contribution in [0, 0.1) is 17.0 Å². The zero-order chi connectivity index (χ0) is 14.5. The zero-order valence-electron chi connectivity index (χ0n) is 11.3. The molecule has 2 rings (SSSR count). The van der Waals surface area contributed by atoms with Crippen molar-refractivity contribution >= 4 is 22.7 Å². The molecule has 0 spiro atoms. The second kappa shape index (κ2) is 6.33. The van der Waals surface area contributed by atoms with Crippen LogP contribution in [0.5, 0.6) is 5.75 Å². The summed E-state index contributed by atoms with van der Waals surface area (Å²) in [4.78, 5) is 15.8. The second-order valence-corrected chi connectivity index (χ2v) is 5.03. The summed E-state index contributed by atoms with van der Waals surface area (Å²) in [5.41, 5.74) is 3.56. The van der Waals surface area contributed by atoms with Gasteiger partial charge in [0.15, 0.2) is 5.75 Å². The van der Waals surface area contributed by atoms with Gasteiger partial charge in [0.25, 0.3) is 0 Å². The summed E-state index contributed by atoms with van der Waals surface area (Å²) >= 11 is 1.58. The van der Waals surface area contributed by atoms with Crippen molar-refractivity contribution in [3.63, 3.8) is 0 Å². The lowest BCUT2D eigenvalue weighted by atomic mass is 10.2. The normalized spacial score (nSPS) is 10.3. The van der Waals surface area contributed by atoms with Gasteiger partial charge in [-0.2, -0.15) is 0 Å². The van der Waals surface area contributed by atoms with E-state index in [1.165, 1.54) is 6.07 Å². The summed E-state index contributed by atoms with van der Waals surface area (Å²) in [6.45, 7) is 4.78. The average molecular weight is 293 g/mol. The maximum atomic E-state index is 10.9. The van der Waals surface area contributed by atoms with E-state index in [4.69, 9.17) is 4.74 Å². The van der Waals surface area contributed by atoms with Crippen molar-refractivity contribution in [3.8, 4) is 5.75 Å². The number of nitro groups is 1. The number of nitrogens with zero attached hydrogens (tertiary/aromatic N) is 2. The topological polar surface area (TPSA) is 77.3 Å². The largest absolute Gasteiger partial charge is 0.487 e. The molecule has 0 amide bonds. The standard InChI is InChI=1S/C13H15N3O3S/c1-3-19-12-6-10(4-5-11(12)16(17)18)14-7-13-9(2)15-8-20-13/h4-6,8,14H,3,7H2,1-2H3. The number of rotatable bonds is 6. The van der Waals surface area contributed by atoms with Gasteiger partial charge in [-0.1, -0.05) is 0 Å². The van der Waals surface area contributed by atoms with E-state index >= 15 is 0 Å². The van der Waals surface area contributed by atoms with Crippen LogP contribution < -0.4 is 10.1 Å². The molecule has 2 aromatic rings. The Balaban J connectivity index is 2.14. The minimum Gasteiger partial charge on any atom is -0.487 e. The molecule has 7 heteroatoms. The van der Waals surface area contributed by atoms with Crippen molar-refractivity contribution in [3.05, 3.63) is 44.4 Å². The number of benzene rings is 1. The van der Waals surface area contributed by atoms with Crippen LogP contribution in [0.15, 0.2) is 23.7 Å². The lowest BCUT2D eigenvalue weighted by Gasteiger charge is -2.09. The third-order valence-electron chi connectivity index (χ3n) is 2.75. The number of ether oxygens (including phenoxy) is 1. The van der Waals surface area contributed by atoms with Gasteiger partial charge in [-0.25, -0.2) is 4.98 Å². The molecule has 1 heterocycles. The summed E-state index contributed by atoms with van der Waals surface area (Å²) in [6.07, 6.45) is 0. The first-order chi connectivity index (χ1) is 9.61. The Hall–Kier alpha value is -2.15. The van der Waals surface area contributed by atoms with Gasteiger partial charge in [0.1, 0.15) is 0 Å². The number of thiazole rings is 1. The highest BCUT2D eigenvalue weighted by atomic mass is 32.1. The number of hydrogen-bond donors (Lipinski definition) is 1. The third-order valence-corrected chi connectivity index (χ3v) is 3.69. The van der Waals surface area contributed by atoms with Crippen LogP contribution in [0.1, 0.15) is 17.5 Å². The molecule has 1 aromatic carbocycles. The highest BCUT2D eigenvalue weighted by molar-refractivity contribution is 7.09. The Morgan fingerprint density at radius 2 is 2.30 bits per heavy atom. The number of anilines is 1. The van der Waals surface area contributed by atoms with E-state index in [2.05, 4.69) is 10.3 Å². The van der Waals surface area contributed by atoms with E-state index in [0.29, 0.717) is 13.2 Å². The molecule has 0 saturated heterocycles. The smallest absolute Gasteiger partial charge is 0.311 e. The van der Waals surface area contributed by atoms with Crippen LogP contribution in [-0.4, -0.2) is 16.5 Å². The van der Waals surface area contributed by atoms with E-state index < -0.39 is 4.92 Å².